The van der Waals surface area contributed by atoms with Crippen LogP contribution < -0.4 is 10.6 Å². The van der Waals surface area contributed by atoms with Crippen molar-refractivity contribution < 1.29 is 9.53 Å². The lowest BCUT2D eigenvalue weighted by Gasteiger charge is -2.30. The number of morpholine rings is 1. The van der Waals surface area contributed by atoms with Gasteiger partial charge in [0, 0.05) is 25.3 Å². The van der Waals surface area contributed by atoms with Gasteiger partial charge in [-0.1, -0.05) is 6.07 Å². The molecule has 6 nitrogen and oxygen atoms in total. The molecule has 1 saturated heterocycles. The van der Waals surface area contributed by atoms with E-state index in [0.29, 0.717) is 19.0 Å². The largest absolute Gasteiger partial charge is 0.374 e. The van der Waals surface area contributed by atoms with Crippen molar-refractivity contribution in [3.63, 3.8) is 0 Å². The van der Waals surface area contributed by atoms with Crippen molar-refractivity contribution in [3.05, 3.63) is 23.9 Å². The van der Waals surface area contributed by atoms with Gasteiger partial charge in [-0.15, -0.1) is 0 Å². The Morgan fingerprint density at radius 3 is 3.16 bits per heavy atom. The van der Waals surface area contributed by atoms with Crippen LogP contribution in [0.15, 0.2) is 18.2 Å². The molecule has 0 aromatic carbocycles. The number of ether oxygens (including phenoxy) is 1. The minimum atomic E-state index is -0.255. The first-order chi connectivity index (χ1) is 9.13. The molecule has 1 atom stereocenters. The van der Waals surface area contributed by atoms with Crippen LogP contribution in [0.25, 0.3) is 0 Å². The van der Waals surface area contributed by atoms with Crippen LogP contribution in [0.2, 0.25) is 0 Å². The number of hydrogen-bond acceptors (Lipinski definition) is 4. The zero-order chi connectivity index (χ0) is 13.7. The minimum Gasteiger partial charge on any atom is -0.374 e. The molecule has 19 heavy (non-hydrogen) atoms. The average molecular weight is 264 g/mol. The van der Waals surface area contributed by atoms with E-state index in [2.05, 4.69) is 20.5 Å². The van der Waals surface area contributed by atoms with Gasteiger partial charge in [0.2, 0.25) is 0 Å². The number of likely N-dealkylation sites (N-methyl/N-ethyl adjacent to an activating group) is 1. The normalized spacial score (nSPS) is 20.0. The Hall–Kier alpha value is -1.66. The van der Waals surface area contributed by atoms with Gasteiger partial charge in [0.05, 0.1) is 12.7 Å². The molecule has 1 aromatic heterocycles. The molecule has 0 spiro atoms. The Labute approximate surface area is 113 Å². The smallest absolute Gasteiger partial charge is 0.320 e. The van der Waals surface area contributed by atoms with E-state index < -0.39 is 0 Å². The van der Waals surface area contributed by atoms with Crippen molar-refractivity contribution in [3.8, 4) is 0 Å². The lowest BCUT2D eigenvalue weighted by atomic mass is 10.3. The van der Waals surface area contributed by atoms with E-state index in [1.54, 1.807) is 6.07 Å². The van der Waals surface area contributed by atoms with Gasteiger partial charge in [0.15, 0.2) is 0 Å². The van der Waals surface area contributed by atoms with Crippen LogP contribution in [0.5, 0.6) is 0 Å². The first kappa shape index (κ1) is 13.8. The number of carbonyl (C=O) groups is 1. The Kier molecular flexibility index (Phi) is 4.70. The fourth-order valence-electron chi connectivity index (χ4n) is 1.97. The third-order valence-electron chi connectivity index (χ3n) is 2.96. The summed E-state index contributed by atoms with van der Waals surface area (Å²) < 4.78 is 5.57. The Bertz CT molecular complexity index is 438. The first-order valence-corrected chi connectivity index (χ1v) is 6.42. The molecule has 1 fully saturated rings. The molecule has 2 N–H and O–H groups in total. The van der Waals surface area contributed by atoms with Crippen LogP contribution >= 0.6 is 0 Å². The van der Waals surface area contributed by atoms with Gasteiger partial charge in [0.1, 0.15) is 5.82 Å². The summed E-state index contributed by atoms with van der Waals surface area (Å²) in [4.78, 5) is 18.1. The number of aromatic nitrogens is 1. The molecule has 0 saturated carbocycles. The van der Waals surface area contributed by atoms with E-state index in [0.717, 1.165) is 18.8 Å². The van der Waals surface area contributed by atoms with Gasteiger partial charge in [-0.25, -0.2) is 9.78 Å². The highest BCUT2D eigenvalue weighted by Crippen LogP contribution is 2.04. The topological polar surface area (TPSA) is 66.5 Å². The van der Waals surface area contributed by atoms with E-state index in [1.165, 1.54) is 0 Å². The van der Waals surface area contributed by atoms with Crippen LogP contribution in [-0.2, 0) is 4.74 Å². The van der Waals surface area contributed by atoms with Crippen LogP contribution in [-0.4, -0.2) is 55.3 Å². The summed E-state index contributed by atoms with van der Waals surface area (Å²) in [5.74, 6) is 0.555. The van der Waals surface area contributed by atoms with Crippen LogP contribution in [0.1, 0.15) is 5.69 Å². The molecule has 0 radical (unpaired) electrons. The molecular weight excluding hydrogens is 244 g/mol. The highest BCUT2D eigenvalue weighted by molar-refractivity contribution is 5.88. The fraction of sp³-hybridized carbons (Fsp3) is 0.538. The molecule has 2 amide bonds. The molecule has 1 aliphatic rings. The van der Waals surface area contributed by atoms with E-state index in [9.17, 15) is 4.79 Å². The predicted molar refractivity (Wildman–Crippen MR) is 73.2 cm³/mol. The standard InChI is InChI=1S/C13H20N4O2/c1-10-4-3-5-12(15-10)16-13(18)14-8-11-9-17(2)6-7-19-11/h3-5,11H,6-9H2,1-2H3,(H2,14,15,16,18)/t11-/m0/s1. The Balaban J connectivity index is 1.75. The zero-order valence-electron chi connectivity index (χ0n) is 11.3. The second-order valence-corrected chi connectivity index (χ2v) is 4.75. The number of carbonyl (C=O) groups excluding carboxylic acids is 1. The molecule has 0 bridgehead atoms. The van der Waals surface area contributed by atoms with Crippen molar-refractivity contribution in [2.75, 3.05) is 38.6 Å². The number of amides is 2. The van der Waals surface area contributed by atoms with Gasteiger partial charge < -0.3 is 15.0 Å². The molecule has 1 aliphatic heterocycles. The highest BCUT2D eigenvalue weighted by Gasteiger charge is 2.18. The number of urea groups is 1. The van der Waals surface area contributed by atoms with Crippen molar-refractivity contribution in [1.82, 2.24) is 15.2 Å². The number of anilines is 1. The number of nitrogens with zero attached hydrogens (tertiary/aromatic N) is 2. The van der Waals surface area contributed by atoms with E-state index in [4.69, 9.17) is 4.74 Å². The summed E-state index contributed by atoms with van der Waals surface area (Å²) in [5, 5.41) is 5.50. The fourth-order valence-corrected chi connectivity index (χ4v) is 1.97. The quantitative estimate of drug-likeness (QED) is 0.849. The molecule has 0 aliphatic carbocycles. The van der Waals surface area contributed by atoms with Gasteiger partial charge in [-0.05, 0) is 26.1 Å². The van der Waals surface area contributed by atoms with Gasteiger partial charge >= 0.3 is 6.03 Å². The third-order valence-corrected chi connectivity index (χ3v) is 2.96. The van der Waals surface area contributed by atoms with E-state index in [-0.39, 0.29) is 12.1 Å². The third kappa shape index (κ3) is 4.50. The number of hydrogen-bond donors (Lipinski definition) is 2. The van der Waals surface area contributed by atoms with Crippen molar-refractivity contribution in [2.24, 2.45) is 0 Å². The second-order valence-electron chi connectivity index (χ2n) is 4.75. The molecule has 6 heteroatoms. The summed E-state index contributed by atoms with van der Waals surface area (Å²) in [6.07, 6.45) is 0.0509. The summed E-state index contributed by atoms with van der Waals surface area (Å²) in [6.45, 7) is 4.87. The maximum Gasteiger partial charge on any atom is 0.320 e. The number of rotatable bonds is 3. The van der Waals surface area contributed by atoms with Crippen molar-refractivity contribution >= 4 is 11.8 Å². The summed E-state index contributed by atoms with van der Waals surface area (Å²) in [5.41, 5.74) is 0.870. The molecule has 104 valence electrons. The summed E-state index contributed by atoms with van der Waals surface area (Å²) in [6, 6.07) is 5.25. The number of aryl methyl sites for hydroxylation is 1. The summed E-state index contributed by atoms with van der Waals surface area (Å²) in [7, 11) is 2.05. The van der Waals surface area contributed by atoms with Crippen molar-refractivity contribution in [2.45, 2.75) is 13.0 Å². The SMILES string of the molecule is Cc1cccc(NC(=O)NC[C@H]2CN(C)CCO2)n1. The molecule has 1 aromatic rings. The van der Waals surface area contributed by atoms with Crippen LogP contribution in [0.4, 0.5) is 10.6 Å². The maximum atomic E-state index is 11.7. The van der Waals surface area contributed by atoms with Gasteiger partial charge in [0.25, 0.3) is 0 Å². The average Bonchev–Trinajstić information content (AvgIpc) is 2.36. The Morgan fingerprint density at radius 1 is 1.58 bits per heavy atom. The molecule has 0 unspecified atom stereocenters. The molecule has 2 rings (SSSR count). The minimum absolute atomic E-state index is 0.0509. The van der Waals surface area contributed by atoms with Crippen molar-refractivity contribution in [1.29, 1.82) is 0 Å². The van der Waals surface area contributed by atoms with Gasteiger partial charge in [-0.2, -0.15) is 0 Å². The molecular formula is C13H20N4O2. The van der Waals surface area contributed by atoms with E-state index in [1.807, 2.05) is 26.1 Å². The zero-order valence-corrected chi connectivity index (χ0v) is 11.3. The predicted octanol–water partition coefficient (Wildman–Crippen LogP) is 0.842. The number of pyridine rings is 1. The summed E-state index contributed by atoms with van der Waals surface area (Å²) >= 11 is 0. The van der Waals surface area contributed by atoms with E-state index >= 15 is 0 Å². The van der Waals surface area contributed by atoms with Crippen LogP contribution in [0.3, 0.4) is 0 Å². The lowest BCUT2D eigenvalue weighted by Crippen LogP contribution is -2.46. The maximum absolute atomic E-state index is 11.7. The highest BCUT2D eigenvalue weighted by atomic mass is 16.5. The molecule has 2 heterocycles. The second kappa shape index (κ2) is 6.49. The first-order valence-electron chi connectivity index (χ1n) is 6.42. The number of nitrogens with one attached hydrogen (secondary N) is 2. The van der Waals surface area contributed by atoms with Crippen LogP contribution in [0, 0.1) is 6.92 Å². The van der Waals surface area contributed by atoms with Gasteiger partial charge in [-0.3, -0.25) is 5.32 Å². The Morgan fingerprint density at radius 2 is 2.42 bits per heavy atom. The monoisotopic (exact) mass is 264 g/mol. The lowest BCUT2D eigenvalue weighted by molar-refractivity contribution is -0.0166.